The molecule has 2 rings (SSSR count). The summed E-state index contributed by atoms with van der Waals surface area (Å²) in [5, 5.41) is 6.74. The predicted molar refractivity (Wildman–Crippen MR) is 88.3 cm³/mol. The molecule has 1 amide bonds. The van der Waals surface area contributed by atoms with Crippen molar-refractivity contribution in [3.05, 3.63) is 34.4 Å². The zero-order chi connectivity index (χ0) is 14.4. The van der Waals surface area contributed by atoms with Gasteiger partial charge < -0.3 is 15.4 Å². The molecule has 0 fully saturated rings. The van der Waals surface area contributed by atoms with Crippen LogP contribution in [0.2, 0.25) is 5.02 Å². The van der Waals surface area contributed by atoms with Gasteiger partial charge in [-0.2, -0.15) is 0 Å². The van der Waals surface area contributed by atoms with Gasteiger partial charge in [0.05, 0.1) is 5.57 Å². The zero-order valence-corrected chi connectivity index (χ0v) is 13.5. The van der Waals surface area contributed by atoms with Gasteiger partial charge in [-0.25, -0.2) is 0 Å². The summed E-state index contributed by atoms with van der Waals surface area (Å²) < 4.78 is 5.55. The number of rotatable bonds is 6. The van der Waals surface area contributed by atoms with Crippen LogP contribution in [0.15, 0.2) is 23.8 Å². The van der Waals surface area contributed by atoms with Crippen LogP contribution >= 0.6 is 24.0 Å². The third-order valence-electron chi connectivity index (χ3n) is 2.99. The Labute approximate surface area is 136 Å². The lowest BCUT2D eigenvalue weighted by atomic mass is 10.1. The number of benzene rings is 1. The fourth-order valence-electron chi connectivity index (χ4n) is 1.96. The lowest BCUT2D eigenvalue weighted by Gasteiger charge is -2.17. The third kappa shape index (κ3) is 5.23. The van der Waals surface area contributed by atoms with E-state index in [-0.39, 0.29) is 18.3 Å². The normalized spacial score (nSPS) is 12.6. The maximum absolute atomic E-state index is 12.0. The summed E-state index contributed by atoms with van der Waals surface area (Å²) in [5.41, 5.74) is 1.47. The number of carbonyl (C=O) groups is 1. The monoisotopic (exact) mass is 330 g/mol. The first-order chi connectivity index (χ1) is 9.70. The SMILES string of the molecule is CCCNCCNC(=O)C1=Cc2cc(Cl)ccc2OC1.Cl. The molecule has 0 atom stereocenters. The molecular formula is C15H20Cl2N2O2. The molecule has 0 aromatic heterocycles. The van der Waals surface area contributed by atoms with E-state index in [1.165, 1.54) is 0 Å². The van der Waals surface area contributed by atoms with Crippen molar-refractivity contribution < 1.29 is 9.53 Å². The van der Waals surface area contributed by atoms with Crippen LogP contribution in [0.4, 0.5) is 0 Å². The fourth-order valence-corrected chi connectivity index (χ4v) is 2.14. The number of amides is 1. The van der Waals surface area contributed by atoms with Crippen LogP contribution in [0.3, 0.4) is 0 Å². The number of ether oxygens (including phenoxy) is 1. The summed E-state index contributed by atoms with van der Waals surface area (Å²) in [7, 11) is 0. The minimum atomic E-state index is -0.0890. The van der Waals surface area contributed by atoms with E-state index in [1.54, 1.807) is 12.1 Å². The van der Waals surface area contributed by atoms with Crippen molar-refractivity contribution in [2.24, 2.45) is 0 Å². The Morgan fingerprint density at radius 2 is 2.14 bits per heavy atom. The van der Waals surface area contributed by atoms with E-state index in [9.17, 15) is 4.79 Å². The molecule has 1 aromatic carbocycles. The lowest BCUT2D eigenvalue weighted by molar-refractivity contribution is -0.117. The highest BCUT2D eigenvalue weighted by atomic mass is 35.5. The van der Waals surface area contributed by atoms with Gasteiger partial charge in [-0.3, -0.25) is 4.79 Å². The second-order valence-corrected chi connectivity index (χ2v) is 5.08. The van der Waals surface area contributed by atoms with Gasteiger partial charge in [0.15, 0.2) is 0 Å². The zero-order valence-electron chi connectivity index (χ0n) is 11.9. The van der Waals surface area contributed by atoms with Crippen molar-refractivity contribution in [2.75, 3.05) is 26.2 Å². The smallest absolute Gasteiger partial charge is 0.250 e. The van der Waals surface area contributed by atoms with Crippen LogP contribution in [0.5, 0.6) is 5.75 Å². The first kappa shape index (κ1) is 17.8. The number of halogens is 2. The van der Waals surface area contributed by atoms with E-state index in [2.05, 4.69) is 17.6 Å². The molecule has 0 aliphatic carbocycles. The summed E-state index contributed by atoms with van der Waals surface area (Å²) in [5.74, 6) is 0.671. The van der Waals surface area contributed by atoms with Gasteiger partial charge in [0, 0.05) is 23.7 Å². The molecule has 1 aromatic rings. The van der Waals surface area contributed by atoms with Gasteiger partial charge in [-0.1, -0.05) is 18.5 Å². The summed E-state index contributed by atoms with van der Waals surface area (Å²) in [6, 6.07) is 5.39. The van der Waals surface area contributed by atoms with Crippen LogP contribution < -0.4 is 15.4 Å². The molecule has 0 saturated heterocycles. The largest absolute Gasteiger partial charge is 0.488 e. The van der Waals surface area contributed by atoms with Crippen molar-refractivity contribution in [2.45, 2.75) is 13.3 Å². The molecule has 0 unspecified atom stereocenters. The summed E-state index contributed by atoms with van der Waals surface area (Å²) in [4.78, 5) is 12.0. The minimum Gasteiger partial charge on any atom is -0.488 e. The maximum atomic E-state index is 12.0. The topological polar surface area (TPSA) is 50.4 Å². The average molecular weight is 331 g/mol. The van der Waals surface area contributed by atoms with E-state index in [1.807, 2.05) is 12.1 Å². The second kappa shape index (κ2) is 8.93. The second-order valence-electron chi connectivity index (χ2n) is 4.65. The molecule has 1 aliphatic rings. The molecule has 21 heavy (non-hydrogen) atoms. The average Bonchev–Trinajstić information content (AvgIpc) is 2.46. The van der Waals surface area contributed by atoms with Crippen molar-refractivity contribution in [1.82, 2.24) is 10.6 Å². The Balaban J connectivity index is 0.00000220. The summed E-state index contributed by atoms with van der Waals surface area (Å²) >= 11 is 5.94. The van der Waals surface area contributed by atoms with Gasteiger partial charge in [0.1, 0.15) is 12.4 Å². The molecule has 2 N–H and O–H groups in total. The molecule has 6 heteroatoms. The maximum Gasteiger partial charge on any atom is 0.250 e. The molecular weight excluding hydrogens is 311 g/mol. The van der Waals surface area contributed by atoms with Gasteiger partial charge >= 0.3 is 0 Å². The van der Waals surface area contributed by atoms with E-state index in [0.29, 0.717) is 23.7 Å². The molecule has 0 radical (unpaired) electrons. The standard InChI is InChI=1S/C15H19ClN2O2.ClH/c1-2-5-17-6-7-18-15(19)12-8-11-9-13(16)3-4-14(11)20-10-12;/h3-4,8-9,17H,2,5-7,10H2,1H3,(H,18,19);1H. The quantitative estimate of drug-likeness (QED) is 0.788. The van der Waals surface area contributed by atoms with E-state index >= 15 is 0 Å². The van der Waals surface area contributed by atoms with Crippen molar-refractivity contribution in [1.29, 1.82) is 0 Å². The highest BCUT2D eigenvalue weighted by molar-refractivity contribution is 6.30. The highest BCUT2D eigenvalue weighted by Crippen LogP contribution is 2.28. The van der Waals surface area contributed by atoms with Crippen molar-refractivity contribution in [3.8, 4) is 5.75 Å². The van der Waals surface area contributed by atoms with Crippen LogP contribution in [-0.2, 0) is 4.79 Å². The van der Waals surface area contributed by atoms with Crippen molar-refractivity contribution in [3.63, 3.8) is 0 Å². The Bertz CT molecular complexity index is 518. The Hall–Kier alpha value is -1.23. The van der Waals surface area contributed by atoms with Crippen LogP contribution in [-0.4, -0.2) is 32.1 Å². The number of nitrogens with one attached hydrogen (secondary N) is 2. The highest BCUT2D eigenvalue weighted by Gasteiger charge is 2.16. The summed E-state index contributed by atoms with van der Waals surface area (Å²) in [6.45, 7) is 4.75. The molecule has 1 heterocycles. The summed E-state index contributed by atoms with van der Waals surface area (Å²) in [6.07, 6.45) is 2.92. The number of hydrogen-bond acceptors (Lipinski definition) is 3. The van der Waals surface area contributed by atoms with E-state index in [4.69, 9.17) is 16.3 Å². The number of fused-ring (bicyclic) bond motifs is 1. The number of carbonyl (C=O) groups excluding carboxylic acids is 1. The Morgan fingerprint density at radius 1 is 1.33 bits per heavy atom. The number of hydrogen-bond donors (Lipinski definition) is 2. The molecule has 0 bridgehead atoms. The van der Waals surface area contributed by atoms with Crippen LogP contribution in [0.25, 0.3) is 6.08 Å². The van der Waals surface area contributed by atoms with Gasteiger partial charge in [0.2, 0.25) is 0 Å². The van der Waals surface area contributed by atoms with Crippen molar-refractivity contribution >= 4 is 36.0 Å². The van der Waals surface area contributed by atoms with Crippen LogP contribution in [0, 0.1) is 0 Å². The van der Waals surface area contributed by atoms with Crippen LogP contribution in [0.1, 0.15) is 18.9 Å². The van der Waals surface area contributed by atoms with Gasteiger partial charge in [0.25, 0.3) is 5.91 Å². The molecule has 4 nitrogen and oxygen atoms in total. The molecule has 116 valence electrons. The Morgan fingerprint density at radius 3 is 2.90 bits per heavy atom. The minimum absolute atomic E-state index is 0. The first-order valence-electron chi connectivity index (χ1n) is 6.82. The van der Waals surface area contributed by atoms with E-state index < -0.39 is 0 Å². The Kier molecular flexibility index (Phi) is 7.57. The first-order valence-corrected chi connectivity index (χ1v) is 7.20. The molecule has 1 aliphatic heterocycles. The third-order valence-corrected chi connectivity index (χ3v) is 3.23. The molecule has 0 saturated carbocycles. The molecule has 0 spiro atoms. The van der Waals surface area contributed by atoms with Gasteiger partial charge in [-0.05, 0) is 37.2 Å². The van der Waals surface area contributed by atoms with E-state index in [0.717, 1.165) is 30.8 Å². The fraction of sp³-hybridized carbons (Fsp3) is 0.400. The predicted octanol–water partition coefficient (Wildman–Crippen LogP) is 2.65. The van der Waals surface area contributed by atoms with Gasteiger partial charge in [-0.15, -0.1) is 12.4 Å². The lowest BCUT2D eigenvalue weighted by Crippen LogP contribution is -2.34.